The molecule has 2 rings (SSSR count). The number of hydrogen-bond acceptors (Lipinski definition) is 2. The molecule has 0 bridgehead atoms. The molecule has 2 amide bonds. The van der Waals surface area contributed by atoms with Crippen molar-refractivity contribution >= 4 is 6.03 Å². The summed E-state index contributed by atoms with van der Waals surface area (Å²) in [7, 11) is 0. The van der Waals surface area contributed by atoms with Gasteiger partial charge in [0.15, 0.2) is 0 Å². The Kier molecular flexibility index (Phi) is 4.03. The maximum absolute atomic E-state index is 11.8. The van der Waals surface area contributed by atoms with Crippen LogP contribution < -0.4 is 5.32 Å². The Hall–Kier alpha value is -1.49. The first-order chi connectivity index (χ1) is 8.31. The lowest BCUT2D eigenvalue weighted by Gasteiger charge is -2.21. The molecule has 0 atom stereocenters. The van der Waals surface area contributed by atoms with Crippen LogP contribution in [-0.2, 0) is 6.54 Å². The normalized spacial score (nSPS) is 14.6. The van der Waals surface area contributed by atoms with Gasteiger partial charge in [0.25, 0.3) is 0 Å². The van der Waals surface area contributed by atoms with Crippen molar-refractivity contribution in [2.45, 2.75) is 25.4 Å². The molecule has 1 fully saturated rings. The van der Waals surface area contributed by atoms with Crippen LogP contribution in [0.15, 0.2) is 24.5 Å². The molecular weight excluding hydrogens is 218 g/mol. The minimum absolute atomic E-state index is 0.0293. The fraction of sp³-hybridized carbons (Fsp3) is 0.583. The minimum atomic E-state index is -0.0614. The van der Waals surface area contributed by atoms with E-state index >= 15 is 0 Å². The molecule has 0 aromatic carbocycles. The maximum atomic E-state index is 11.8. The van der Waals surface area contributed by atoms with Crippen molar-refractivity contribution in [3.05, 3.63) is 24.5 Å². The van der Waals surface area contributed by atoms with E-state index in [1.54, 1.807) is 4.90 Å². The number of urea groups is 1. The molecule has 0 aliphatic heterocycles. The lowest BCUT2D eigenvalue weighted by atomic mass is 10.5. The van der Waals surface area contributed by atoms with Gasteiger partial charge in [0.1, 0.15) is 0 Å². The summed E-state index contributed by atoms with van der Waals surface area (Å²) in [4.78, 5) is 13.6. The SMILES string of the molecule is O=C(NCCn1cccc1)N(CCO)C1CC1. The van der Waals surface area contributed by atoms with Crippen molar-refractivity contribution in [3.63, 3.8) is 0 Å². The van der Waals surface area contributed by atoms with Gasteiger partial charge in [0, 0.05) is 38.1 Å². The number of aliphatic hydroxyl groups excluding tert-OH is 1. The van der Waals surface area contributed by atoms with Gasteiger partial charge in [-0.15, -0.1) is 0 Å². The highest BCUT2D eigenvalue weighted by molar-refractivity contribution is 5.74. The predicted molar refractivity (Wildman–Crippen MR) is 64.6 cm³/mol. The van der Waals surface area contributed by atoms with E-state index in [0.717, 1.165) is 19.4 Å². The van der Waals surface area contributed by atoms with Crippen LogP contribution in [0, 0.1) is 0 Å². The van der Waals surface area contributed by atoms with Crippen LogP contribution in [0.4, 0.5) is 4.79 Å². The molecule has 0 radical (unpaired) electrons. The van der Waals surface area contributed by atoms with Gasteiger partial charge >= 0.3 is 6.03 Å². The Morgan fingerprint density at radius 1 is 1.41 bits per heavy atom. The monoisotopic (exact) mass is 237 g/mol. The number of hydrogen-bond donors (Lipinski definition) is 2. The van der Waals surface area contributed by atoms with Crippen LogP contribution in [0.1, 0.15) is 12.8 Å². The zero-order chi connectivity index (χ0) is 12.1. The fourth-order valence-corrected chi connectivity index (χ4v) is 1.86. The molecule has 0 saturated heterocycles. The quantitative estimate of drug-likeness (QED) is 0.763. The van der Waals surface area contributed by atoms with E-state index in [4.69, 9.17) is 5.11 Å². The van der Waals surface area contributed by atoms with Gasteiger partial charge in [-0.1, -0.05) is 0 Å². The number of carbonyl (C=O) groups is 1. The van der Waals surface area contributed by atoms with Gasteiger partial charge in [0.2, 0.25) is 0 Å². The molecule has 0 unspecified atom stereocenters. The molecule has 1 aliphatic carbocycles. The minimum Gasteiger partial charge on any atom is -0.395 e. The first-order valence-corrected chi connectivity index (χ1v) is 6.07. The molecule has 17 heavy (non-hydrogen) atoms. The number of aliphatic hydroxyl groups is 1. The Labute approximate surface area is 101 Å². The van der Waals surface area contributed by atoms with Crippen molar-refractivity contribution in [2.75, 3.05) is 19.7 Å². The van der Waals surface area contributed by atoms with Gasteiger partial charge in [-0.3, -0.25) is 0 Å². The molecule has 5 heteroatoms. The van der Waals surface area contributed by atoms with Crippen LogP contribution >= 0.6 is 0 Å². The summed E-state index contributed by atoms with van der Waals surface area (Å²) in [6.07, 6.45) is 6.06. The third-order valence-electron chi connectivity index (χ3n) is 2.90. The lowest BCUT2D eigenvalue weighted by molar-refractivity contribution is 0.173. The summed E-state index contributed by atoms with van der Waals surface area (Å²) >= 11 is 0. The summed E-state index contributed by atoms with van der Waals surface area (Å²) < 4.78 is 2.02. The summed E-state index contributed by atoms with van der Waals surface area (Å²) in [6, 6.07) is 4.20. The summed E-state index contributed by atoms with van der Waals surface area (Å²) in [5.41, 5.74) is 0. The summed E-state index contributed by atoms with van der Waals surface area (Å²) in [5.74, 6) is 0. The number of nitrogens with zero attached hydrogens (tertiary/aromatic N) is 2. The highest BCUT2D eigenvalue weighted by Gasteiger charge is 2.31. The first kappa shape index (κ1) is 12.0. The molecule has 1 saturated carbocycles. The average Bonchev–Trinajstić information content (AvgIpc) is 3.03. The van der Waals surface area contributed by atoms with E-state index in [0.29, 0.717) is 19.1 Å². The molecule has 1 heterocycles. The number of nitrogens with one attached hydrogen (secondary N) is 1. The molecule has 0 spiro atoms. The zero-order valence-electron chi connectivity index (χ0n) is 9.88. The van der Waals surface area contributed by atoms with E-state index in [1.165, 1.54) is 0 Å². The van der Waals surface area contributed by atoms with Crippen molar-refractivity contribution < 1.29 is 9.90 Å². The Morgan fingerprint density at radius 3 is 2.71 bits per heavy atom. The largest absolute Gasteiger partial charge is 0.395 e. The van der Waals surface area contributed by atoms with Gasteiger partial charge < -0.3 is 19.9 Å². The summed E-state index contributed by atoms with van der Waals surface area (Å²) in [5, 5.41) is 11.8. The Morgan fingerprint density at radius 2 is 2.12 bits per heavy atom. The number of carbonyl (C=O) groups excluding carboxylic acids is 1. The van der Waals surface area contributed by atoms with Crippen molar-refractivity contribution in [1.82, 2.24) is 14.8 Å². The standard InChI is InChI=1S/C12H19N3O2/c16-10-9-15(11-3-4-11)12(17)13-5-8-14-6-1-2-7-14/h1-2,6-7,11,16H,3-5,8-10H2,(H,13,17). The van der Waals surface area contributed by atoms with Crippen molar-refractivity contribution in [2.24, 2.45) is 0 Å². The van der Waals surface area contributed by atoms with Crippen LogP contribution in [0.5, 0.6) is 0 Å². The highest BCUT2D eigenvalue weighted by Crippen LogP contribution is 2.26. The maximum Gasteiger partial charge on any atom is 0.317 e. The molecule has 2 N–H and O–H groups in total. The first-order valence-electron chi connectivity index (χ1n) is 6.07. The number of rotatable bonds is 6. The van der Waals surface area contributed by atoms with Crippen LogP contribution in [-0.4, -0.2) is 46.3 Å². The Balaban J connectivity index is 1.71. The predicted octanol–water partition coefficient (Wildman–Crippen LogP) is 0.654. The second kappa shape index (κ2) is 5.72. The van der Waals surface area contributed by atoms with Gasteiger partial charge in [-0.2, -0.15) is 0 Å². The molecule has 5 nitrogen and oxygen atoms in total. The zero-order valence-corrected chi connectivity index (χ0v) is 9.88. The van der Waals surface area contributed by atoms with Crippen molar-refractivity contribution in [1.29, 1.82) is 0 Å². The van der Waals surface area contributed by atoms with Gasteiger partial charge in [0.05, 0.1) is 6.61 Å². The summed E-state index contributed by atoms with van der Waals surface area (Å²) in [6.45, 7) is 1.85. The topological polar surface area (TPSA) is 57.5 Å². The molecule has 94 valence electrons. The molecule has 1 aromatic heterocycles. The highest BCUT2D eigenvalue weighted by atomic mass is 16.3. The molecular formula is C12H19N3O2. The van der Waals surface area contributed by atoms with Crippen molar-refractivity contribution in [3.8, 4) is 0 Å². The van der Waals surface area contributed by atoms with Gasteiger partial charge in [-0.25, -0.2) is 4.79 Å². The van der Waals surface area contributed by atoms with E-state index in [9.17, 15) is 4.79 Å². The second-order valence-electron chi connectivity index (χ2n) is 4.30. The van der Waals surface area contributed by atoms with E-state index in [-0.39, 0.29) is 12.6 Å². The third-order valence-corrected chi connectivity index (χ3v) is 2.90. The number of amides is 2. The van der Waals surface area contributed by atoms with E-state index in [2.05, 4.69) is 5.32 Å². The van der Waals surface area contributed by atoms with E-state index in [1.807, 2.05) is 29.1 Å². The fourth-order valence-electron chi connectivity index (χ4n) is 1.86. The van der Waals surface area contributed by atoms with Gasteiger partial charge in [-0.05, 0) is 25.0 Å². The molecule has 1 aromatic rings. The lowest BCUT2D eigenvalue weighted by Crippen LogP contribution is -2.43. The molecule has 1 aliphatic rings. The average molecular weight is 237 g/mol. The number of aromatic nitrogens is 1. The second-order valence-corrected chi connectivity index (χ2v) is 4.30. The van der Waals surface area contributed by atoms with E-state index < -0.39 is 0 Å². The third kappa shape index (κ3) is 3.49. The van der Waals surface area contributed by atoms with Crippen LogP contribution in [0.3, 0.4) is 0 Å². The Bertz CT molecular complexity index is 347. The van der Waals surface area contributed by atoms with Crippen LogP contribution in [0.25, 0.3) is 0 Å². The smallest absolute Gasteiger partial charge is 0.317 e. The van der Waals surface area contributed by atoms with Crippen LogP contribution in [0.2, 0.25) is 0 Å².